The highest BCUT2D eigenvalue weighted by Crippen LogP contribution is 2.24. The highest BCUT2D eigenvalue weighted by Gasteiger charge is 2.08. The van der Waals surface area contributed by atoms with Gasteiger partial charge in [0, 0.05) is 6.54 Å². The lowest BCUT2D eigenvalue weighted by Gasteiger charge is -2.26. The Labute approximate surface area is 115 Å². The van der Waals surface area contributed by atoms with Gasteiger partial charge >= 0.3 is 0 Å². The first kappa shape index (κ1) is 14.2. The number of benzene rings is 1. The van der Waals surface area contributed by atoms with E-state index in [1.54, 1.807) is 6.07 Å². The van der Waals surface area contributed by atoms with Crippen molar-refractivity contribution in [3.63, 3.8) is 0 Å². The number of phenolic OH excluding ortho intramolecular Hbond substituents is 2. The van der Waals surface area contributed by atoms with Gasteiger partial charge in [0.2, 0.25) is 0 Å². The molecular weight excluding hydrogens is 240 g/mol. The van der Waals surface area contributed by atoms with Crippen molar-refractivity contribution in [3.8, 4) is 11.5 Å². The van der Waals surface area contributed by atoms with Crippen molar-refractivity contribution < 1.29 is 10.2 Å². The standard InChI is InChI=1S/C15H24N2O2/c18-14-6-5-13(11-15(14)19)12-16-7-4-10-17-8-2-1-3-9-17/h5-6,11,16,18-19H,1-4,7-10,12H2. The second-order valence-corrected chi connectivity index (χ2v) is 5.26. The van der Waals surface area contributed by atoms with Crippen LogP contribution in [0.25, 0.3) is 0 Å². The number of nitrogens with one attached hydrogen (secondary N) is 1. The van der Waals surface area contributed by atoms with Crippen LogP contribution in [-0.4, -0.2) is 41.3 Å². The quantitative estimate of drug-likeness (QED) is 0.544. The van der Waals surface area contributed by atoms with E-state index in [1.165, 1.54) is 45.0 Å². The number of hydrogen-bond donors (Lipinski definition) is 3. The number of rotatable bonds is 6. The first-order valence-corrected chi connectivity index (χ1v) is 7.19. The van der Waals surface area contributed by atoms with E-state index in [9.17, 15) is 10.2 Å². The molecule has 19 heavy (non-hydrogen) atoms. The number of nitrogens with zero attached hydrogens (tertiary/aromatic N) is 1. The zero-order valence-corrected chi connectivity index (χ0v) is 11.4. The van der Waals surface area contributed by atoms with Crippen molar-refractivity contribution in [2.75, 3.05) is 26.2 Å². The van der Waals surface area contributed by atoms with Crippen LogP contribution < -0.4 is 5.32 Å². The summed E-state index contributed by atoms with van der Waals surface area (Å²) in [6, 6.07) is 4.96. The number of aromatic hydroxyl groups is 2. The number of piperidine rings is 1. The Morgan fingerprint density at radius 3 is 2.58 bits per heavy atom. The van der Waals surface area contributed by atoms with E-state index in [4.69, 9.17) is 0 Å². The molecular formula is C15H24N2O2. The zero-order valence-electron chi connectivity index (χ0n) is 11.4. The largest absolute Gasteiger partial charge is 0.504 e. The van der Waals surface area contributed by atoms with Gasteiger partial charge in [-0.25, -0.2) is 0 Å². The minimum atomic E-state index is -0.0613. The zero-order chi connectivity index (χ0) is 13.5. The van der Waals surface area contributed by atoms with Crippen LogP contribution in [0.1, 0.15) is 31.2 Å². The molecule has 4 nitrogen and oxygen atoms in total. The fraction of sp³-hybridized carbons (Fsp3) is 0.600. The van der Waals surface area contributed by atoms with E-state index >= 15 is 0 Å². The monoisotopic (exact) mass is 264 g/mol. The molecule has 0 aromatic heterocycles. The van der Waals surface area contributed by atoms with Crippen LogP contribution in [0.4, 0.5) is 0 Å². The van der Waals surface area contributed by atoms with Crippen LogP contribution in [0.3, 0.4) is 0 Å². The molecule has 1 aliphatic heterocycles. The Bertz CT molecular complexity index is 390. The molecule has 4 heteroatoms. The molecule has 3 N–H and O–H groups in total. The second kappa shape index (κ2) is 7.36. The molecule has 2 rings (SSSR count). The molecule has 1 aromatic carbocycles. The minimum absolute atomic E-state index is 0.0485. The maximum Gasteiger partial charge on any atom is 0.157 e. The van der Waals surface area contributed by atoms with E-state index in [0.717, 1.165) is 25.1 Å². The summed E-state index contributed by atoms with van der Waals surface area (Å²) in [6.45, 7) is 5.40. The molecule has 0 radical (unpaired) electrons. The Morgan fingerprint density at radius 1 is 1.05 bits per heavy atom. The SMILES string of the molecule is Oc1ccc(CNCCCN2CCCCC2)cc1O. The summed E-state index contributed by atoms with van der Waals surface area (Å²) in [4.78, 5) is 2.54. The third-order valence-corrected chi connectivity index (χ3v) is 3.65. The molecule has 1 heterocycles. The summed E-state index contributed by atoms with van der Waals surface area (Å²) < 4.78 is 0. The molecule has 0 amide bonds. The summed E-state index contributed by atoms with van der Waals surface area (Å²) >= 11 is 0. The van der Waals surface area contributed by atoms with Crippen molar-refractivity contribution in [3.05, 3.63) is 23.8 Å². The third kappa shape index (κ3) is 4.73. The predicted octanol–water partition coefficient (Wildman–Crippen LogP) is 2.06. The van der Waals surface area contributed by atoms with Crippen molar-refractivity contribution in [2.24, 2.45) is 0 Å². The lowest BCUT2D eigenvalue weighted by molar-refractivity contribution is 0.225. The number of hydrogen-bond acceptors (Lipinski definition) is 4. The summed E-state index contributed by atoms with van der Waals surface area (Å²) in [7, 11) is 0. The topological polar surface area (TPSA) is 55.7 Å². The fourth-order valence-electron chi connectivity index (χ4n) is 2.52. The second-order valence-electron chi connectivity index (χ2n) is 5.26. The van der Waals surface area contributed by atoms with Crippen molar-refractivity contribution in [1.29, 1.82) is 0 Å². The molecule has 106 valence electrons. The number of likely N-dealkylation sites (tertiary alicyclic amines) is 1. The molecule has 0 atom stereocenters. The first-order valence-electron chi connectivity index (χ1n) is 7.19. The van der Waals surface area contributed by atoms with Gasteiger partial charge in [-0.05, 0) is 63.1 Å². The van der Waals surface area contributed by atoms with E-state index in [2.05, 4.69) is 10.2 Å². The molecule has 0 saturated carbocycles. The predicted molar refractivity (Wildman–Crippen MR) is 76.4 cm³/mol. The molecule has 1 aromatic rings. The molecule has 1 saturated heterocycles. The lowest BCUT2D eigenvalue weighted by atomic mass is 10.1. The van der Waals surface area contributed by atoms with Gasteiger partial charge < -0.3 is 20.4 Å². The van der Waals surface area contributed by atoms with Crippen LogP contribution in [0.2, 0.25) is 0 Å². The van der Waals surface area contributed by atoms with Gasteiger partial charge in [0.1, 0.15) is 0 Å². The van der Waals surface area contributed by atoms with E-state index in [1.807, 2.05) is 6.07 Å². The van der Waals surface area contributed by atoms with Gasteiger partial charge in [-0.15, -0.1) is 0 Å². The summed E-state index contributed by atoms with van der Waals surface area (Å²) in [5.41, 5.74) is 0.994. The highest BCUT2D eigenvalue weighted by molar-refractivity contribution is 5.40. The minimum Gasteiger partial charge on any atom is -0.504 e. The van der Waals surface area contributed by atoms with Gasteiger partial charge in [-0.2, -0.15) is 0 Å². The van der Waals surface area contributed by atoms with Gasteiger partial charge in [-0.3, -0.25) is 0 Å². The Kier molecular flexibility index (Phi) is 5.48. The van der Waals surface area contributed by atoms with Gasteiger partial charge in [0.05, 0.1) is 0 Å². The molecule has 1 aliphatic rings. The Balaban J connectivity index is 1.59. The molecule has 0 spiro atoms. The van der Waals surface area contributed by atoms with Crippen LogP contribution in [0, 0.1) is 0 Å². The van der Waals surface area contributed by atoms with Gasteiger partial charge in [-0.1, -0.05) is 12.5 Å². The van der Waals surface area contributed by atoms with Crippen molar-refractivity contribution >= 4 is 0 Å². The lowest BCUT2D eigenvalue weighted by Crippen LogP contribution is -2.32. The smallest absolute Gasteiger partial charge is 0.157 e. The van der Waals surface area contributed by atoms with Crippen LogP contribution in [-0.2, 0) is 6.54 Å². The fourth-order valence-corrected chi connectivity index (χ4v) is 2.52. The average molecular weight is 264 g/mol. The third-order valence-electron chi connectivity index (χ3n) is 3.65. The van der Waals surface area contributed by atoms with Crippen molar-refractivity contribution in [1.82, 2.24) is 10.2 Å². The molecule has 0 unspecified atom stereocenters. The Morgan fingerprint density at radius 2 is 1.84 bits per heavy atom. The number of phenols is 2. The maximum atomic E-state index is 9.39. The Hall–Kier alpha value is -1.26. The summed E-state index contributed by atoms with van der Waals surface area (Å²) in [5, 5.41) is 22.0. The average Bonchev–Trinajstić information content (AvgIpc) is 2.43. The van der Waals surface area contributed by atoms with Crippen LogP contribution in [0.15, 0.2) is 18.2 Å². The molecule has 0 aliphatic carbocycles. The van der Waals surface area contributed by atoms with E-state index in [-0.39, 0.29) is 11.5 Å². The molecule has 1 fully saturated rings. The first-order chi connectivity index (χ1) is 9.25. The van der Waals surface area contributed by atoms with Gasteiger partial charge in [0.15, 0.2) is 11.5 Å². The van der Waals surface area contributed by atoms with Crippen LogP contribution >= 0.6 is 0 Å². The maximum absolute atomic E-state index is 9.39. The van der Waals surface area contributed by atoms with Crippen molar-refractivity contribution in [2.45, 2.75) is 32.2 Å². The van der Waals surface area contributed by atoms with Gasteiger partial charge in [0.25, 0.3) is 0 Å². The van der Waals surface area contributed by atoms with Crippen LogP contribution in [0.5, 0.6) is 11.5 Å². The normalized spacial score (nSPS) is 16.6. The van der Waals surface area contributed by atoms with E-state index in [0.29, 0.717) is 0 Å². The summed E-state index contributed by atoms with van der Waals surface area (Å²) in [5.74, 6) is -0.110. The van der Waals surface area contributed by atoms with E-state index < -0.39 is 0 Å². The molecule has 0 bridgehead atoms. The highest BCUT2D eigenvalue weighted by atomic mass is 16.3. The summed E-state index contributed by atoms with van der Waals surface area (Å²) in [6.07, 6.45) is 5.24.